The second kappa shape index (κ2) is 6.55. The summed E-state index contributed by atoms with van der Waals surface area (Å²) in [6.07, 6.45) is 10.8. The maximum absolute atomic E-state index is 10.2. The van der Waals surface area contributed by atoms with Crippen LogP contribution in [0.15, 0.2) is 6.07 Å². The number of hydrogen-bond donors (Lipinski definition) is 1. The Morgan fingerprint density at radius 2 is 2.06 bits per heavy atom. The lowest BCUT2D eigenvalue weighted by Gasteiger charge is -2.07. The highest BCUT2D eigenvalue weighted by atomic mass is 32.1. The molecule has 1 nitrogen and oxygen atoms in total. The standard InChI is InChI=1S/C15H24OS/c1-2-3-5-9-13(16)15-11-12-8-6-4-7-10-14(12)17-15/h11,13,16H,2-10H2,1H3. The Labute approximate surface area is 109 Å². The Morgan fingerprint density at radius 1 is 1.24 bits per heavy atom. The van der Waals surface area contributed by atoms with Crippen LogP contribution in [0.2, 0.25) is 0 Å². The molecule has 0 saturated carbocycles. The molecule has 0 saturated heterocycles. The Hall–Kier alpha value is -0.340. The van der Waals surface area contributed by atoms with E-state index in [1.807, 2.05) is 11.3 Å². The van der Waals surface area contributed by atoms with E-state index in [4.69, 9.17) is 0 Å². The van der Waals surface area contributed by atoms with Crippen LogP contribution in [0.3, 0.4) is 0 Å². The van der Waals surface area contributed by atoms with Crippen molar-refractivity contribution in [1.29, 1.82) is 0 Å². The lowest BCUT2D eigenvalue weighted by atomic mass is 10.1. The van der Waals surface area contributed by atoms with Gasteiger partial charge in [-0.1, -0.05) is 32.6 Å². The van der Waals surface area contributed by atoms with E-state index in [1.165, 1.54) is 55.4 Å². The van der Waals surface area contributed by atoms with Gasteiger partial charge in [0.05, 0.1) is 6.10 Å². The predicted octanol–water partition coefficient (Wildman–Crippen LogP) is 4.63. The quantitative estimate of drug-likeness (QED) is 0.598. The maximum Gasteiger partial charge on any atom is 0.0882 e. The van der Waals surface area contributed by atoms with E-state index in [9.17, 15) is 5.11 Å². The monoisotopic (exact) mass is 252 g/mol. The fourth-order valence-corrected chi connectivity index (χ4v) is 3.86. The first-order valence-corrected chi connectivity index (χ1v) is 7.92. The van der Waals surface area contributed by atoms with Crippen molar-refractivity contribution in [2.75, 3.05) is 0 Å². The van der Waals surface area contributed by atoms with Gasteiger partial charge in [0.25, 0.3) is 0 Å². The van der Waals surface area contributed by atoms with Crippen LogP contribution in [0.4, 0.5) is 0 Å². The van der Waals surface area contributed by atoms with E-state index in [0.29, 0.717) is 0 Å². The molecule has 1 N–H and O–H groups in total. The Kier molecular flexibility index (Phi) is 5.05. The fraction of sp³-hybridized carbons (Fsp3) is 0.733. The van der Waals surface area contributed by atoms with Crippen LogP contribution in [-0.2, 0) is 12.8 Å². The third kappa shape index (κ3) is 3.56. The second-order valence-corrected chi connectivity index (χ2v) is 6.34. The van der Waals surface area contributed by atoms with Gasteiger partial charge in [0, 0.05) is 9.75 Å². The minimum absolute atomic E-state index is 0.210. The zero-order chi connectivity index (χ0) is 12.1. The number of rotatable bonds is 5. The molecule has 0 radical (unpaired) electrons. The van der Waals surface area contributed by atoms with Crippen LogP contribution in [0, 0.1) is 0 Å². The van der Waals surface area contributed by atoms with Gasteiger partial charge < -0.3 is 5.11 Å². The van der Waals surface area contributed by atoms with Crippen LogP contribution in [0.25, 0.3) is 0 Å². The highest BCUT2D eigenvalue weighted by Crippen LogP contribution is 2.33. The molecule has 1 aromatic rings. The number of aryl methyl sites for hydroxylation is 2. The fourth-order valence-electron chi connectivity index (χ4n) is 2.58. The molecule has 1 aromatic heterocycles. The minimum Gasteiger partial charge on any atom is -0.388 e. The summed E-state index contributed by atoms with van der Waals surface area (Å²) in [5.74, 6) is 0. The lowest BCUT2D eigenvalue weighted by molar-refractivity contribution is 0.167. The van der Waals surface area contributed by atoms with Crippen molar-refractivity contribution in [2.24, 2.45) is 0 Å². The summed E-state index contributed by atoms with van der Waals surface area (Å²) in [5, 5.41) is 10.2. The van der Waals surface area contributed by atoms with Gasteiger partial charge in [-0.25, -0.2) is 0 Å². The number of unbranched alkanes of at least 4 members (excludes halogenated alkanes) is 2. The molecular formula is C15H24OS. The van der Waals surface area contributed by atoms with Crippen LogP contribution < -0.4 is 0 Å². The molecule has 96 valence electrons. The largest absolute Gasteiger partial charge is 0.388 e. The molecular weight excluding hydrogens is 228 g/mol. The molecule has 0 aliphatic heterocycles. The highest BCUT2D eigenvalue weighted by molar-refractivity contribution is 7.12. The van der Waals surface area contributed by atoms with E-state index in [2.05, 4.69) is 13.0 Å². The molecule has 1 atom stereocenters. The average molecular weight is 252 g/mol. The van der Waals surface area contributed by atoms with Crippen molar-refractivity contribution in [2.45, 2.75) is 70.8 Å². The average Bonchev–Trinajstić information content (AvgIpc) is 2.61. The summed E-state index contributed by atoms with van der Waals surface area (Å²) < 4.78 is 0. The Bertz CT molecular complexity index is 319. The molecule has 2 heteroatoms. The molecule has 2 rings (SSSR count). The van der Waals surface area contributed by atoms with Gasteiger partial charge in [-0.2, -0.15) is 0 Å². The first kappa shape index (κ1) is 13.1. The topological polar surface area (TPSA) is 20.2 Å². The van der Waals surface area contributed by atoms with Crippen LogP contribution in [0.5, 0.6) is 0 Å². The number of thiophene rings is 1. The highest BCUT2D eigenvalue weighted by Gasteiger charge is 2.16. The first-order chi connectivity index (χ1) is 8.31. The lowest BCUT2D eigenvalue weighted by Crippen LogP contribution is -1.94. The number of hydrogen-bond acceptors (Lipinski definition) is 2. The van der Waals surface area contributed by atoms with Gasteiger partial charge >= 0.3 is 0 Å². The molecule has 0 aromatic carbocycles. The van der Waals surface area contributed by atoms with E-state index >= 15 is 0 Å². The van der Waals surface area contributed by atoms with Gasteiger partial charge in [-0.3, -0.25) is 0 Å². The van der Waals surface area contributed by atoms with Gasteiger partial charge in [0.15, 0.2) is 0 Å². The Balaban J connectivity index is 1.96. The van der Waals surface area contributed by atoms with Crippen molar-refractivity contribution < 1.29 is 5.11 Å². The summed E-state index contributed by atoms with van der Waals surface area (Å²) in [7, 11) is 0. The minimum atomic E-state index is -0.210. The van der Waals surface area contributed by atoms with E-state index < -0.39 is 0 Å². The molecule has 1 unspecified atom stereocenters. The Morgan fingerprint density at radius 3 is 2.88 bits per heavy atom. The molecule has 0 spiro atoms. The van der Waals surface area contributed by atoms with Crippen molar-refractivity contribution in [3.05, 3.63) is 21.4 Å². The molecule has 17 heavy (non-hydrogen) atoms. The first-order valence-electron chi connectivity index (χ1n) is 7.10. The van der Waals surface area contributed by atoms with Gasteiger partial charge in [-0.05, 0) is 43.7 Å². The van der Waals surface area contributed by atoms with Crippen molar-refractivity contribution in [3.8, 4) is 0 Å². The summed E-state index contributed by atoms with van der Waals surface area (Å²) in [6, 6.07) is 2.28. The van der Waals surface area contributed by atoms with E-state index in [0.717, 1.165) is 12.8 Å². The smallest absolute Gasteiger partial charge is 0.0882 e. The summed E-state index contributed by atoms with van der Waals surface area (Å²) in [5.41, 5.74) is 1.53. The van der Waals surface area contributed by atoms with E-state index in [-0.39, 0.29) is 6.10 Å². The molecule has 1 aliphatic rings. The summed E-state index contributed by atoms with van der Waals surface area (Å²) >= 11 is 1.86. The van der Waals surface area contributed by atoms with Crippen molar-refractivity contribution in [3.63, 3.8) is 0 Å². The van der Waals surface area contributed by atoms with Gasteiger partial charge in [0.2, 0.25) is 0 Å². The van der Waals surface area contributed by atoms with Crippen molar-refractivity contribution in [1.82, 2.24) is 0 Å². The number of aliphatic hydroxyl groups is 1. The van der Waals surface area contributed by atoms with Gasteiger partial charge in [0.1, 0.15) is 0 Å². The third-order valence-corrected chi connectivity index (χ3v) is 5.01. The maximum atomic E-state index is 10.2. The summed E-state index contributed by atoms with van der Waals surface area (Å²) in [4.78, 5) is 2.76. The number of fused-ring (bicyclic) bond motifs is 1. The molecule has 0 bridgehead atoms. The third-order valence-electron chi connectivity index (χ3n) is 3.68. The zero-order valence-corrected chi connectivity index (χ0v) is 11.7. The molecule has 0 amide bonds. The zero-order valence-electron chi connectivity index (χ0n) is 10.9. The summed E-state index contributed by atoms with van der Waals surface area (Å²) in [6.45, 7) is 2.21. The number of aliphatic hydroxyl groups excluding tert-OH is 1. The van der Waals surface area contributed by atoms with Gasteiger partial charge in [-0.15, -0.1) is 11.3 Å². The predicted molar refractivity (Wildman–Crippen MR) is 74.7 cm³/mol. The van der Waals surface area contributed by atoms with Crippen LogP contribution >= 0.6 is 11.3 Å². The molecule has 1 heterocycles. The second-order valence-electron chi connectivity index (χ2n) is 5.17. The molecule has 1 aliphatic carbocycles. The SMILES string of the molecule is CCCCCC(O)c1cc2c(s1)CCCCC2. The van der Waals surface area contributed by atoms with E-state index in [1.54, 1.807) is 4.88 Å². The van der Waals surface area contributed by atoms with Crippen LogP contribution in [-0.4, -0.2) is 5.11 Å². The molecule has 0 fully saturated rings. The van der Waals surface area contributed by atoms with Crippen molar-refractivity contribution >= 4 is 11.3 Å². The van der Waals surface area contributed by atoms with Crippen LogP contribution in [0.1, 0.15) is 73.3 Å². The normalized spacial score (nSPS) is 17.5.